The van der Waals surface area contributed by atoms with Gasteiger partial charge in [-0.05, 0) is 42.9 Å². The Bertz CT molecular complexity index is 367. The molecule has 3 N–H and O–H groups in total. The van der Waals surface area contributed by atoms with E-state index in [4.69, 9.17) is 10.2 Å². The van der Waals surface area contributed by atoms with Crippen molar-refractivity contribution in [3.05, 3.63) is 0 Å². The zero-order valence-corrected chi connectivity index (χ0v) is 10.2. The molecule has 4 unspecified atom stereocenters. The Labute approximate surface area is 106 Å². The summed E-state index contributed by atoms with van der Waals surface area (Å²) in [4.78, 5) is 23.0. The molecule has 0 radical (unpaired) electrons. The van der Waals surface area contributed by atoms with Gasteiger partial charge in [-0.15, -0.1) is 0 Å². The second-order valence-corrected chi connectivity index (χ2v) is 5.93. The maximum atomic E-state index is 12.1. The molecule has 3 rings (SSSR count). The van der Waals surface area contributed by atoms with Gasteiger partial charge >= 0.3 is 5.97 Å². The fourth-order valence-corrected chi connectivity index (χ4v) is 4.33. The number of fused-ring (bicyclic) bond motifs is 5. The predicted octanol–water partition coefficient (Wildman–Crippen LogP) is 0.230. The average Bonchev–Trinajstić information content (AvgIpc) is 2.78. The zero-order chi connectivity index (χ0) is 12.9. The molecule has 0 aromatic heterocycles. The molecular formula is C13H19NO4. The van der Waals surface area contributed by atoms with Gasteiger partial charge in [0.05, 0.1) is 0 Å². The largest absolute Gasteiger partial charge is 0.480 e. The summed E-state index contributed by atoms with van der Waals surface area (Å²) in [6.45, 7) is -0.222. The average molecular weight is 253 g/mol. The lowest BCUT2D eigenvalue weighted by Crippen LogP contribution is -2.42. The molecule has 3 aliphatic carbocycles. The highest BCUT2D eigenvalue weighted by Gasteiger charge is 2.67. The molecule has 0 aromatic carbocycles. The van der Waals surface area contributed by atoms with Gasteiger partial charge in [0.1, 0.15) is 6.04 Å². The van der Waals surface area contributed by atoms with Crippen LogP contribution in [0.4, 0.5) is 0 Å². The first-order valence-electron chi connectivity index (χ1n) is 6.77. The summed E-state index contributed by atoms with van der Waals surface area (Å²) in [5.41, 5.74) is 0. The van der Waals surface area contributed by atoms with Crippen molar-refractivity contribution in [3.8, 4) is 0 Å². The van der Waals surface area contributed by atoms with Crippen LogP contribution in [0, 0.1) is 29.6 Å². The highest BCUT2D eigenvalue weighted by Crippen LogP contribution is 2.69. The number of aliphatic hydroxyl groups excluding tert-OH is 1. The van der Waals surface area contributed by atoms with Crippen molar-refractivity contribution in [2.45, 2.75) is 31.7 Å². The standard InChI is InChI=1S/C13H19NO4/c15-4-3-8(13(17)18)14-12(16)11-9-6-1-2-7(5-6)10(9)11/h6-11,15H,1-5H2,(H,14,16)(H,17,18)/t6?,7?,8-,9?,10?,11?/m1/s1. The number of carbonyl (C=O) groups excluding carboxylic acids is 1. The van der Waals surface area contributed by atoms with Gasteiger partial charge in [0.15, 0.2) is 0 Å². The number of carboxylic acid groups (broad SMARTS) is 1. The molecule has 100 valence electrons. The molecule has 0 spiro atoms. The molecule has 1 amide bonds. The molecular weight excluding hydrogens is 234 g/mol. The second-order valence-electron chi connectivity index (χ2n) is 5.93. The van der Waals surface area contributed by atoms with E-state index in [1.54, 1.807) is 0 Å². The van der Waals surface area contributed by atoms with E-state index in [1.165, 1.54) is 19.3 Å². The van der Waals surface area contributed by atoms with Crippen LogP contribution in [0.15, 0.2) is 0 Å². The Hall–Kier alpha value is -1.10. The van der Waals surface area contributed by atoms with Gasteiger partial charge in [-0.25, -0.2) is 4.79 Å². The van der Waals surface area contributed by atoms with Crippen molar-refractivity contribution in [3.63, 3.8) is 0 Å². The summed E-state index contributed by atoms with van der Waals surface area (Å²) in [5, 5.41) is 20.3. The van der Waals surface area contributed by atoms with E-state index in [2.05, 4.69) is 5.32 Å². The molecule has 0 heterocycles. The fraction of sp³-hybridized carbons (Fsp3) is 0.846. The van der Waals surface area contributed by atoms with Gasteiger partial charge in [-0.3, -0.25) is 4.79 Å². The monoisotopic (exact) mass is 253 g/mol. The lowest BCUT2D eigenvalue weighted by Gasteiger charge is -2.15. The maximum absolute atomic E-state index is 12.1. The number of nitrogens with one attached hydrogen (secondary N) is 1. The molecule has 3 aliphatic rings. The van der Waals surface area contributed by atoms with Crippen LogP contribution in [0.3, 0.4) is 0 Å². The summed E-state index contributed by atoms with van der Waals surface area (Å²) < 4.78 is 0. The lowest BCUT2D eigenvalue weighted by molar-refractivity contribution is -0.142. The van der Waals surface area contributed by atoms with Crippen LogP contribution in [0.25, 0.3) is 0 Å². The van der Waals surface area contributed by atoms with Crippen molar-refractivity contribution >= 4 is 11.9 Å². The number of aliphatic hydroxyl groups is 1. The van der Waals surface area contributed by atoms with Crippen LogP contribution < -0.4 is 5.32 Å². The molecule has 0 saturated heterocycles. The third-order valence-electron chi connectivity index (χ3n) is 5.07. The topological polar surface area (TPSA) is 86.6 Å². The smallest absolute Gasteiger partial charge is 0.326 e. The van der Waals surface area contributed by atoms with E-state index in [-0.39, 0.29) is 24.9 Å². The minimum Gasteiger partial charge on any atom is -0.480 e. The molecule has 5 heteroatoms. The van der Waals surface area contributed by atoms with Crippen molar-refractivity contribution in [1.82, 2.24) is 5.32 Å². The van der Waals surface area contributed by atoms with Gasteiger partial charge in [0.25, 0.3) is 0 Å². The molecule has 3 saturated carbocycles. The van der Waals surface area contributed by atoms with E-state index in [0.29, 0.717) is 23.7 Å². The zero-order valence-electron chi connectivity index (χ0n) is 10.2. The first-order valence-corrected chi connectivity index (χ1v) is 6.77. The Morgan fingerprint density at radius 3 is 2.33 bits per heavy atom. The summed E-state index contributed by atoms with van der Waals surface area (Å²) in [6, 6.07) is -0.943. The minimum atomic E-state index is -1.06. The van der Waals surface area contributed by atoms with E-state index in [1.807, 2.05) is 0 Å². The molecule has 18 heavy (non-hydrogen) atoms. The molecule has 5 atom stereocenters. The van der Waals surface area contributed by atoms with Crippen LogP contribution >= 0.6 is 0 Å². The van der Waals surface area contributed by atoms with Crippen LogP contribution in [-0.2, 0) is 9.59 Å². The Kier molecular flexibility index (Phi) is 2.81. The SMILES string of the molecule is O=C(N[C@H](CCO)C(=O)O)C1C2C3CCC(C3)C12. The number of rotatable bonds is 5. The molecule has 0 aromatic rings. The minimum absolute atomic E-state index is 0.0526. The van der Waals surface area contributed by atoms with E-state index >= 15 is 0 Å². The normalized spacial score (nSPS) is 41.3. The van der Waals surface area contributed by atoms with Gasteiger partial charge in [-0.1, -0.05) is 0 Å². The summed E-state index contributed by atoms with van der Waals surface area (Å²) in [5.74, 6) is 1.33. The number of amides is 1. The van der Waals surface area contributed by atoms with Gasteiger partial charge < -0.3 is 15.5 Å². The number of aliphatic carboxylic acids is 1. The van der Waals surface area contributed by atoms with Crippen LogP contribution in [0.2, 0.25) is 0 Å². The van der Waals surface area contributed by atoms with E-state index < -0.39 is 12.0 Å². The highest BCUT2D eigenvalue weighted by atomic mass is 16.4. The quantitative estimate of drug-likeness (QED) is 0.654. The lowest BCUT2D eigenvalue weighted by atomic mass is 10.0. The fourth-order valence-electron chi connectivity index (χ4n) is 4.33. The van der Waals surface area contributed by atoms with Crippen molar-refractivity contribution < 1.29 is 19.8 Å². The Balaban J connectivity index is 1.58. The third kappa shape index (κ3) is 1.72. The number of hydrogen-bond acceptors (Lipinski definition) is 3. The number of carboxylic acids is 1. The second kappa shape index (κ2) is 4.23. The summed E-state index contributed by atoms with van der Waals surface area (Å²) >= 11 is 0. The van der Waals surface area contributed by atoms with Crippen LogP contribution in [0.5, 0.6) is 0 Å². The Morgan fingerprint density at radius 2 is 1.83 bits per heavy atom. The third-order valence-corrected chi connectivity index (χ3v) is 5.07. The molecule has 0 aliphatic heterocycles. The van der Waals surface area contributed by atoms with Crippen molar-refractivity contribution in [1.29, 1.82) is 0 Å². The maximum Gasteiger partial charge on any atom is 0.326 e. The van der Waals surface area contributed by atoms with Crippen LogP contribution in [0.1, 0.15) is 25.7 Å². The summed E-state index contributed by atoms with van der Waals surface area (Å²) in [6.07, 6.45) is 3.84. The predicted molar refractivity (Wildman–Crippen MR) is 62.6 cm³/mol. The number of carbonyl (C=O) groups is 2. The number of hydrogen-bond donors (Lipinski definition) is 3. The van der Waals surface area contributed by atoms with Crippen molar-refractivity contribution in [2.75, 3.05) is 6.61 Å². The summed E-state index contributed by atoms with van der Waals surface area (Å²) in [7, 11) is 0. The van der Waals surface area contributed by atoms with Gasteiger partial charge in [0, 0.05) is 18.9 Å². The van der Waals surface area contributed by atoms with E-state index in [0.717, 1.165) is 0 Å². The first kappa shape index (κ1) is 12.0. The Morgan fingerprint density at radius 1 is 1.22 bits per heavy atom. The highest BCUT2D eigenvalue weighted by molar-refractivity contribution is 5.87. The van der Waals surface area contributed by atoms with Crippen molar-refractivity contribution in [2.24, 2.45) is 29.6 Å². The van der Waals surface area contributed by atoms with E-state index in [9.17, 15) is 9.59 Å². The first-order chi connectivity index (χ1) is 8.63. The van der Waals surface area contributed by atoms with Crippen LogP contribution in [-0.4, -0.2) is 34.7 Å². The van der Waals surface area contributed by atoms with Gasteiger partial charge in [0.2, 0.25) is 5.91 Å². The molecule has 3 fully saturated rings. The molecule has 5 nitrogen and oxygen atoms in total. The molecule has 2 bridgehead atoms. The van der Waals surface area contributed by atoms with Gasteiger partial charge in [-0.2, -0.15) is 0 Å².